The Hall–Kier alpha value is -0.970. The van der Waals surface area contributed by atoms with Gasteiger partial charge in [-0.1, -0.05) is 13.8 Å². The third-order valence-corrected chi connectivity index (χ3v) is 4.66. The zero-order valence-electron chi connectivity index (χ0n) is 13.1. The van der Waals surface area contributed by atoms with Crippen LogP contribution in [-0.2, 0) is 6.42 Å². The van der Waals surface area contributed by atoms with Crippen LogP contribution in [0.5, 0.6) is 0 Å². The monoisotopic (exact) mass is 345 g/mol. The third-order valence-electron chi connectivity index (χ3n) is 4.66. The molecule has 0 spiro atoms. The molecule has 1 saturated heterocycles. The second-order valence-electron chi connectivity index (χ2n) is 6.66. The van der Waals surface area contributed by atoms with Crippen LogP contribution in [0.15, 0.2) is 18.2 Å². The molecule has 2 aliphatic heterocycles. The first kappa shape index (κ1) is 19.1. The molecule has 0 bridgehead atoms. The third kappa shape index (κ3) is 3.50. The van der Waals surface area contributed by atoms with Gasteiger partial charge in [-0.15, -0.1) is 24.8 Å². The zero-order valence-corrected chi connectivity index (χ0v) is 14.7. The summed E-state index contributed by atoms with van der Waals surface area (Å²) in [4.78, 5) is 14.6. The van der Waals surface area contributed by atoms with Gasteiger partial charge in [0.1, 0.15) is 0 Å². The maximum absolute atomic E-state index is 12.7. The minimum absolute atomic E-state index is 0. The smallest absolute Gasteiger partial charge is 0.253 e. The van der Waals surface area contributed by atoms with E-state index >= 15 is 0 Å². The molecule has 1 fully saturated rings. The summed E-state index contributed by atoms with van der Waals surface area (Å²) in [5.74, 6) is 0.139. The Morgan fingerprint density at radius 1 is 1.36 bits per heavy atom. The molecule has 1 atom stereocenters. The van der Waals surface area contributed by atoms with Crippen LogP contribution >= 0.6 is 24.8 Å². The Morgan fingerprint density at radius 2 is 2.09 bits per heavy atom. The number of likely N-dealkylation sites (tertiary alicyclic amines) is 1. The molecule has 3 N–H and O–H groups in total. The maximum atomic E-state index is 12.7. The quantitative estimate of drug-likeness (QED) is 0.822. The van der Waals surface area contributed by atoms with Crippen molar-refractivity contribution < 1.29 is 4.79 Å². The normalized spacial score (nSPS) is 22.0. The molecule has 3 rings (SSSR count). The van der Waals surface area contributed by atoms with E-state index in [9.17, 15) is 4.79 Å². The largest absolute Gasteiger partial charge is 0.384 e. The van der Waals surface area contributed by atoms with Crippen LogP contribution in [0.2, 0.25) is 0 Å². The molecule has 0 aromatic heterocycles. The number of amides is 1. The van der Waals surface area contributed by atoms with E-state index in [0.29, 0.717) is 0 Å². The first-order valence-electron chi connectivity index (χ1n) is 7.39. The minimum Gasteiger partial charge on any atom is -0.384 e. The number of fused-ring (bicyclic) bond motifs is 1. The van der Waals surface area contributed by atoms with Crippen molar-refractivity contribution in [1.29, 1.82) is 0 Å². The predicted octanol–water partition coefficient (Wildman–Crippen LogP) is 2.70. The van der Waals surface area contributed by atoms with E-state index in [1.54, 1.807) is 0 Å². The number of nitrogens with one attached hydrogen (secondary N) is 1. The first-order chi connectivity index (χ1) is 9.47. The van der Waals surface area contributed by atoms with Gasteiger partial charge in [0.15, 0.2) is 0 Å². The van der Waals surface area contributed by atoms with E-state index in [-0.39, 0.29) is 42.2 Å². The van der Waals surface area contributed by atoms with E-state index in [0.717, 1.165) is 38.0 Å². The van der Waals surface area contributed by atoms with Gasteiger partial charge in [-0.3, -0.25) is 4.79 Å². The molecule has 1 aromatic carbocycles. The molecule has 0 saturated carbocycles. The average molecular weight is 346 g/mol. The van der Waals surface area contributed by atoms with Gasteiger partial charge in [0, 0.05) is 36.9 Å². The number of carbonyl (C=O) groups excluding carboxylic acids is 1. The van der Waals surface area contributed by atoms with Crippen molar-refractivity contribution in [3.63, 3.8) is 0 Å². The maximum Gasteiger partial charge on any atom is 0.253 e. The number of hydrogen-bond donors (Lipinski definition) is 2. The lowest BCUT2D eigenvalue weighted by Gasteiger charge is -2.42. The molecule has 1 unspecified atom stereocenters. The number of benzene rings is 1. The molecule has 22 heavy (non-hydrogen) atoms. The van der Waals surface area contributed by atoms with Crippen LogP contribution in [0, 0.1) is 5.41 Å². The number of hydrogen-bond acceptors (Lipinski definition) is 3. The summed E-state index contributed by atoms with van der Waals surface area (Å²) in [6.45, 7) is 6.76. The number of anilines is 1. The van der Waals surface area contributed by atoms with Gasteiger partial charge in [0.05, 0.1) is 0 Å². The second-order valence-corrected chi connectivity index (χ2v) is 6.66. The van der Waals surface area contributed by atoms with Crippen LogP contribution in [0.25, 0.3) is 0 Å². The lowest BCUT2D eigenvalue weighted by Crippen LogP contribution is -2.54. The molecule has 0 aliphatic carbocycles. The van der Waals surface area contributed by atoms with E-state index in [2.05, 4.69) is 19.2 Å². The molecule has 0 radical (unpaired) electrons. The highest BCUT2D eigenvalue weighted by atomic mass is 35.5. The zero-order chi connectivity index (χ0) is 14.3. The van der Waals surface area contributed by atoms with Gasteiger partial charge in [-0.2, -0.15) is 0 Å². The summed E-state index contributed by atoms with van der Waals surface area (Å²) >= 11 is 0. The van der Waals surface area contributed by atoms with E-state index in [4.69, 9.17) is 5.73 Å². The molecule has 2 heterocycles. The van der Waals surface area contributed by atoms with Gasteiger partial charge in [0.25, 0.3) is 5.91 Å². The SMILES string of the molecule is CC1(C)CN(C(=O)c2ccc3c(c2)CCN3)CCC1N.Cl.Cl. The topological polar surface area (TPSA) is 58.4 Å². The number of nitrogens with two attached hydrogens (primary N) is 1. The number of piperidine rings is 1. The molecule has 2 aliphatic rings. The van der Waals surface area contributed by atoms with Crippen molar-refractivity contribution in [2.75, 3.05) is 25.0 Å². The Bertz CT molecular complexity index is 548. The summed E-state index contributed by atoms with van der Waals surface area (Å²) in [5.41, 5.74) is 9.36. The van der Waals surface area contributed by atoms with Crippen LogP contribution < -0.4 is 11.1 Å². The van der Waals surface area contributed by atoms with E-state index < -0.39 is 0 Å². The highest BCUT2D eigenvalue weighted by molar-refractivity contribution is 5.95. The highest BCUT2D eigenvalue weighted by Gasteiger charge is 2.35. The Morgan fingerprint density at radius 3 is 2.77 bits per heavy atom. The number of nitrogens with zero attached hydrogens (tertiary/aromatic N) is 1. The minimum atomic E-state index is -0.00774. The number of rotatable bonds is 1. The molecule has 124 valence electrons. The highest BCUT2D eigenvalue weighted by Crippen LogP contribution is 2.29. The van der Waals surface area contributed by atoms with Gasteiger partial charge < -0.3 is 16.0 Å². The summed E-state index contributed by atoms with van der Waals surface area (Å²) < 4.78 is 0. The van der Waals surface area contributed by atoms with Crippen LogP contribution in [0.4, 0.5) is 5.69 Å². The average Bonchev–Trinajstić information content (AvgIpc) is 2.88. The van der Waals surface area contributed by atoms with Gasteiger partial charge in [-0.05, 0) is 42.0 Å². The van der Waals surface area contributed by atoms with Crippen LogP contribution in [0.3, 0.4) is 0 Å². The first-order valence-corrected chi connectivity index (χ1v) is 7.39. The fourth-order valence-corrected chi connectivity index (χ4v) is 3.17. The Kier molecular flexibility index (Phi) is 6.13. The number of carbonyl (C=O) groups is 1. The molecule has 4 nitrogen and oxygen atoms in total. The summed E-state index contributed by atoms with van der Waals surface area (Å²) in [6.07, 6.45) is 1.89. The van der Waals surface area contributed by atoms with Crippen LogP contribution in [-0.4, -0.2) is 36.5 Å². The Labute approximate surface area is 144 Å². The summed E-state index contributed by atoms with van der Waals surface area (Å²) in [5, 5.41) is 3.32. The Balaban J connectivity index is 0.00000121. The molecular formula is C16H25Cl2N3O. The lowest BCUT2D eigenvalue weighted by atomic mass is 9.79. The van der Waals surface area contributed by atoms with Crippen molar-refractivity contribution in [2.45, 2.75) is 32.7 Å². The van der Waals surface area contributed by atoms with Gasteiger partial charge >= 0.3 is 0 Å². The van der Waals surface area contributed by atoms with Crippen molar-refractivity contribution in [3.8, 4) is 0 Å². The van der Waals surface area contributed by atoms with Crippen molar-refractivity contribution in [3.05, 3.63) is 29.3 Å². The van der Waals surface area contributed by atoms with Crippen molar-refractivity contribution in [1.82, 2.24) is 4.90 Å². The summed E-state index contributed by atoms with van der Waals surface area (Å²) in [6, 6.07) is 6.17. The molecule has 1 amide bonds. The van der Waals surface area contributed by atoms with E-state index in [1.165, 1.54) is 11.3 Å². The predicted molar refractivity (Wildman–Crippen MR) is 95.4 cm³/mol. The molecule has 1 aromatic rings. The van der Waals surface area contributed by atoms with Gasteiger partial charge in [-0.25, -0.2) is 0 Å². The fourth-order valence-electron chi connectivity index (χ4n) is 3.17. The summed E-state index contributed by atoms with van der Waals surface area (Å²) in [7, 11) is 0. The molecule has 6 heteroatoms. The fraction of sp³-hybridized carbons (Fsp3) is 0.562. The standard InChI is InChI=1S/C16H23N3O.2ClH/c1-16(2)10-19(8-6-14(16)17)15(20)12-3-4-13-11(9-12)5-7-18-13;;/h3-4,9,14,18H,5-8,10,17H2,1-2H3;2*1H. The van der Waals surface area contributed by atoms with Crippen LogP contribution in [0.1, 0.15) is 36.2 Å². The second kappa shape index (κ2) is 7.07. The number of halogens is 2. The van der Waals surface area contributed by atoms with Gasteiger partial charge in [0.2, 0.25) is 0 Å². The van der Waals surface area contributed by atoms with Crippen molar-refractivity contribution >= 4 is 36.4 Å². The van der Waals surface area contributed by atoms with Crippen molar-refractivity contribution in [2.24, 2.45) is 11.1 Å². The van der Waals surface area contributed by atoms with E-state index in [1.807, 2.05) is 23.1 Å². The molecular weight excluding hydrogens is 321 g/mol. The lowest BCUT2D eigenvalue weighted by molar-refractivity contribution is 0.0533.